The van der Waals surface area contributed by atoms with Crippen LogP contribution in [0.2, 0.25) is 0 Å². The van der Waals surface area contributed by atoms with Gasteiger partial charge in [-0.25, -0.2) is 0 Å². The zero-order valence-corrected chi connectivity index (χ0v) is 12.0. The van der Waals surface area contributed by atoms with Gasteiger partial charge in [-0.3, -0.25) is 9.59 Å². The second-order valence-corrected chi connectivity index (χ2v) is 5.86. The highest BCUT2D eigenvalue weighted by Gasteiger charge is 2.31. The molecule has 2 unspecified atom stereocenters. The molecule has 2 fully saturated rings. The van der Waals surface area contributed by atoms with Crippen LogP contribution < -0.4 is 5.32 Å². The molecular formula is C14H25N3O2. The minimum atomic E-state index is -0.306. The van der Waals surface area contributed by atoms with Crippen molar-refractivity contribution in [1.29, 1.82) is 0 Å². The van der Waals surface area contributed by atoms with Crippen molar-refractivity contribution in [2.24, 2.45) is 5.92 Å². The van der Waals surface area contributed by atoms with E-state index in [-0.39, 0.29) is 17.9 Å². The first kappa shape index (κ1) is 14.3. The minimum Gasteiger partial charge on any atom is -0.344 e. The highest BCUT2D eigenvalue weighted by atomic mass is 16.2. The monoisotopic (exact) mass is 267 g/mol. The van der Waals surface area contributed by atoms with Crippen molar-refractivity contribution in [2.45, 2.75) is 38.6 Å². The van der Waals surface area contributed by atoms with E-state index >= 15 is 0 Å². The van der Waals surface area contributed by atoms with Crippen LogP contribution in [0.3, 0.4) is 0 Å². The van der Waals surface area contributed by atoms with Gasteiger partial charge in [-0.05, 0) is 32.4 Å². The predicted molar refractivity (Wildman–Crippen MR) is 73.6 cm³/mol. The second-order valence-electron chi connectivity index (χ2n) is 5.86. The fraction of sp³-hybridized carbons (Fsp3) is 0.857. The molecule has 19 heavy (non-hydrogen) atoms. The predicted octanol–water partition coefficient (Wildman–Crippen LogP) is 0.455. The Morgan fingerprint density at radius 3 is 2.74 bits per heavy atom. The summed E-state index contributed by atoms with van der Waals surface area (Å²) in [7, 11) is 2.12. The van der Waals surface area contributed by atoms with Gasteiger partial charge < -0.3 is 15.1 Å². The molecule has 0 aromatic carbocycles. The number of hydrogen-bond acceptors (Lipinski definition) is 3. The first-order chi connectivity index (χ1) is 9.10. The molecule has 2 amide bonds. The maximum Gasteiger partial charge on any atom is 0.245 e. The largest absolute Gasteiger partial charge is 0.344 e. The lowest BCUT2D eigenvalue weighted by Crippen LogP contribution is -2.46. The van der Waals surface area contributed by atoms with Gasteiger partial charge in [0.2, 0.25) is 11.8 Å². The van der Waals surface area contributed by atoms with Crippen LogP contribution >= 0.6 is 0 Å². The normalized spacial score (nSPS) is 29.5. The van der Waals surface area contributed by atoms with Gasteiger partial charge in [0.15, 0.2) is 0 Å². The molecule has 108 valence electrons. The zero-order valence-electron chi connectivity index (χ0n) is 12.0. The van der Waals surface area contributed by atoms with E-state index in [1.807, 2.05) is 11.8 Å². The number of carbonyl (C=O) groups is 2. The van der Waals surface area contributed by atoms with E-state index in [4.69, 9.17) is 0 Å². The first-order valence-electron chi connectivity index (χ1n) is 7.36. The molecule has 0 bridgehead atoms. The molecule has 0 spiro atoms. The Kier molecular flexibility index (Phi) is 4.80. The van der Waals surface area contributed by atoms with Crippen LogP contribution in [0, 0.1) is 5.92 Å². The summed E-state index contributed by atoms with van der Waals surface area (Å²) in [5, 5.41) is 2.85. The molecule has 0 radical (unpaired) electrons. The summed E-state index contributed by atoms with van der Waals surface area (Å²) in [5.41, 5.74) is 0. The molecular weight excluding hydrogens is 242 g/mol. The van der Waals surface area contributed by atoms with Crippen LogP contribution in [-0.4, -0.2) is 60.9 Å². The number of hydrogen-bond donors (Lipinski definition) is 1. The van der Waals surface area contributed by atoms with Crippen LogP contribution in [0.1, 0.15) is 32.6 Å². The summed E-state index contributed by atoms with van der Waals surface area (Å²) in [6.07, 6.45) is 3.25. The third-order valence-corrected chi connectivity index (χ3v) is 4.10. The highest BCUT2D eigenvalue weighted by Crippen LogP contribution is 2.18. The molecule has 5 nitrogen and oxygen atoms in total. The molecule has 1 N–H and O–H groups in total. The van der Waals surface area contributed by atoms with Crippen LogP contribution in [0.5, 0.6) is 0 Å². The third kappa shape index (κ3) is 3.69. The van der Waals surface area contributed by atoms with Gasteiger partial charge in [-0.1, -0.05) is 13.3 Å². The number of amides is 2. The Morgan fingerprint density at radius 2 is 2.11 bits per heavy atom. The summed E-state index contributed by atoms with van der Waals surface area (Å²) in [4.78, 5) is 28.3. The lowest BCUT2D eigenvalue weighted by Gasteiger charge is -2.26. The topological polar surface area (TPSA) is 52.7 Å². The first-order valence-corrected chi connectivity index (χ1v) is 7.36. The van der Waals surface area contributed by atoms with Crippen LogP contribution in [0.15, 0.2) is 0 Å². The van der Waals surface area contributed by atoms with Gasteiger partial charge in [0.1, 0.15) is 6.04 Å². The van der Waals surface area contributed by atoms with E-state index in [1.165, 1.54) is 0 Å². The lowest BCUT2D eigenvalue weighted by atomic mass is 10.1. The molecule has 2 heterocycles. The molecule has 2 atom stereocenters. The summed E-state index contributed by atoms with van der Waals surface area (Å²) in [5.74, 6) is 0.685. The van der Waals surface area contributed by atoms with Crippen molar-refractivity contribution in [2.75, 3.05) is 33.2 Å². The van der Waals surface area contributed by atoms with E-state index in [1.54, 1.807) is 0 Å². The van der Waals surface area contributed by atoms with E-state index in [2.05, 4.69) is 17.3 Å². The number of nitrogens with zero attached hydrogens (tertiary/aromatic N) is 2. The SMILES string of the molecule is CCCC1NC(=O)CCN(CC2CCN(C)C2)C1=O. The van der Waals surface area contributed by atoms with Crippen LogP contribution in [0.4, 0.5) is 0 Å². The zero-order chi connectivity index (χ0) is 13.8. The molecule has 2 aliphatic heterocycles. The quantitative estimate of drug-likeness (QED) is 0.805. The summed E-state index contributed by atoms with van der Waals surface area (Å²) < 4.78 is 0. The van der Waals surface area contributed by atoms with Gasteiger partial charge in [0.25, 0.3) is 0 Å². The lowest BCUT2D eigenvalue weighted by molar-refractivity contribution is -0.134. The number of likely N-dealkylation sites (tertiary alicyclic amines) is 1. The van der Waals surface area contributed by atoms with Gasteiger partial charge in [-0.15, -0.1) is 0 Å². The Balaban J connectivity index is 1.97. The summed E-state index contributed by atoms with van der Waals surface area (Å²) in [6.45, 7) is 5.59. The molecule has 2 aliphatic rings. The van der Waals surface area contributed by atoms with Gasteiger partial charge >= 0.3 is 0 Å². The number of nitrogens with one attached hydrogen (secondary N) is 1. The fourth-order valence-electron chi connectivity index (χ4n) is 3.05. The van der Waals surface area contributed by atoms with Gasteiger partial charge in [0.05, 0.1) is 0 Å². The number of rotatable bonds is 4. The average Bonchev–Trinajstić information content (AvgIpc) is 2.73. The summed E-state index contributed by atoms with van der Waals surface area (Å²) >= 11 is 0. The molecule has 5 heteroatoms. The van der Waals surface area contributed by atoms with E-state index in [9.17, 15) is 9.59 Å². The molecule has 0 saturated carbocycles. The standard InChI is InChI=1S/C14H25N3O2/c1-3-4-12-14(19)17(8-6-13(18)15-12)10-11-5-7-16(2)9-11/h11-12H,3-10H2,1-2H3,(H,15,18). The van der Waals surface area contributed by atoms with Crippen molar-refractivity contribution < 1.29 is 9.59 Å². The highest BCUT2D eigenvalue weighted by molar-refractivity contribution is 5.89. The van der Waals surface area contributed by atoms with E-state index in [0.717, 1.165) is 38.9 Å². The van der Waals surface area contributed by atoms with Crippen molar-refractivity contribution >= 4 is 11.8 Å². The van der Waals surface area contributed by atoms with Gasteiger partial charge in [-0.2, -0.15) is 0 Å². The van der Waals surface area contributed by atoms with E-state index in [0.29, 0.717) is 18.9 Å². The van der Waals surface area contributed by atoms with E-state index < -0.39 is 0 Å². The van der Waals surface area contributed by atoms with Crippen LogP contribution in [0.25, 0.3) is 0 Å². The van der Waals surface area contributed by atoms with Crippen molar-refractivity contribution in [3.05, 3.63) is 0 Å². The fourth-order valence-corrected chi connectivity index (χ4v) is 3.05. The Bertz CT molecular complexity index is 346. The van der Waals surface area contributed by atoms with Gasteiger partial charge in [0, 0.05) is 26.1 Å². The van der Waals surface area contributed by atoms with Crippen molar-refractivity contribution in [3.8, 4) is 0 Å². The third-order valence-electron chi connectivity index (χ3n) is 4.10. The molecule has 2 saturated heterocycles. The average molecular weight is 267 g/mol. The van der Waals surface area contributed by atoms with Crippen LogP contribution in [-0.2, 0) is 9.59 Å². The maximum absolute atomic E-state index is 12.4. The number of carbonyl (C=O) groups excluding carboxylic acids is 2. The molecule has 0 aromatic heterocycles. The minimum absolute atomic E-state index is 0.0119. The Labute approximate surface area is 115 Å². The second kappa shape index (κ2) is 6.37. The molecule has 0 aliphatic carbocycles. The maximum atomic E-state index is 12.4. The summed E-state index contributed by atoms with van der Waals surface area (Å²) in [6, 6.07) is -0.306. The smallest absolute Gasteiger partial charge is 0.245 e. The Hall–Kier alpha value is -1.10. The van der Waals surface area contributed by atoms with Crippen molar-refractivity contribution in [3.63, 3.8) is 0 Å². The molecule has 0 aromatic rings. The molecule has 2 rings (SSSR count). The Morgan fingerprint density at radius 1 is 1.32 bits per heavy atom. The van der Waals surface area contributed by atoms with Crippen molar-refractivity contribution in [1.82, 2.24) is 15.1 Å².